The van der Waals surface area contributed by atoms with E-state index in [4.69, 9.17) is 50.9 Å². The van der Waals surface area contributed by atoms with Gasteiger partial charge in [0.2, 0.25) is 0 Å². The summed E-state index contributed by atoms with van der Waals surface area (Å²) in [7, 11) is 0. The Hall–Kier alpha value is -1.96. The Morgan fingerprint density at radius 1 is 1.12 bits per heavy atom. The molecule has 0 spiro atoms. The molecular formula is C24H21Cl4N3O3. The molecule has 0 bridgehead atoms. The van der Waals surface area contributed by atoms with Crippen LogP contribution >= 0.6 is 46.4 Å². The SMILES string of the molecule is O=C(CCC(C(=O)C(Cl)Cl)c1ccnc(-c2cc(-c3c(Cl)cccc3Cl)no2)c1)C1CCCN1. The first-order valence-electron chi connectivity index (χ1n) is 10.8. The summed E-state index contributed by atoms with van der Waals surface area (Å²) in [4.78, 5) is 28.5. The fraction of sp³-hybridized carbons (Fsp3) is 0.333. The van der Waals surface area contributed by atoms with Gasteiger partial charge < -0.3 is 9.84 Å². The largest absolute Gasteiger partial charge is 0.354 e. The normalized spacial score (nSPS) is 16.7. The fourth-order valence-corrected chi connectivity index (χ4v) is 5.00. The van der Waals surface area contributed by atoms with Crippen molar-refractivity contribution in [3.63, 3.8) is 0 Å². The molecule has 3 heterocycles. The number of aromatic nitrogens is 2. The van der Waals surface area contributed by atoms with Crippen LogP contribution in [0.2, 0.25) is 10.0 Å². The van der Waals surface area contributed by atoms with E-state index < -0.39 is 10.8 Å². The fourth-order valence-electron chi connectivity index (χ4n) is 4.10. The maximum absolute atomic E-state index is 12.8. The number of carbonyl (C=O) groups excluding carboxylic acids is 2. The Labute approximate surface area is 216 Å². The number of alkyl halides is 2. The van der Waals surface area contributed by atoms with Gasteiger partial charge in [0.05, 0.1) is 16.1 Å². The van der Waals surface area contributed by atoms with Crippen LogP contribution in [0.4, 0.5) is 0 Å². The molecule has 3 aromatic rings. The Morgan fingerprint density at radius 3 is 2.56 bits per heavy atom. The van der Waals surface area contributed by atoms with Gasteiger partial charge in [0.1, 0.15) is 17.2 Å². The first-order chi connectivity index (χ1) is 16.3. The highest BCUT2D eigenvalue weighted by Gasteiger charge is 2.29. The van der Waals surface area contributed by atoms with Gasteiger partial charge in [-0.2, -0.15) is 0 Å². The number of nitrogens with one attached hydrogen (secondary N) is 1. The van der Waals surface area contributed by atoms with E-state index >= 15 is 0 Å². The van der Waals surface area contributed by atoms with Crippen LogP contribution in [-0.4, -0.2) is 39.1 Å². The highest BCUT2D eigenvalue weighted by atomic mass is 35.5. The van der Waals surface area contributed by atoms with E-state index in [-0.39, 0.29) is 24.0 Å². The monoisotopic (exact) mass is 539 g/mol. The standard InChI is InChI=1S/C24H21Cl4N3O3/c25-15-3-1-4-16(26)22(15)19-12-21(34-31-19)18-11-13(8-10-30-18)14(23(33)24(27)28)6-7-20(32)17-5-2-9-29-17/h1,3-4,8,10-12,14,17,24,29H,2,5-7,9H2. The maximum Gasteiger partial charge on any atom is 0.185 e. The first kappa shape index (κ1) is 25.1. The summed E-state index contributed by atoms with van der Waals surface area (Å²) in [5.41, 5.74) is 2.11. The Balaban J connectivity index is 1.59. The molecule has 0 amide bonds. The second kappa shape index (κ2) is 11.2. The van der Waals surface area contributed by atoms with E-state index in [1.807, 2.05) is 0 Å². The number of rotatable bonds is 9. The number of hydrogen-bond acceptors (Lipinski definition) is 6. The van der Waals surface area contributed by atoms with Crippen molar-refractivity contribution in [2.24, 2.45) is 0 Å². The number of hydrogen-bond donors (Lipinski definition) is 1. The van der Waals surface area contributed by atoms with Gasteiger partial charge in [0.25, 0.3) is 0 Å². The molecule has 1 aromatic carbocycles. The van der Waals surface area contributed by atoms with Crippen molar-refractivity contribution >= 4 is 58.0 Å². The first-order valence-corrected chi connectivity index (χ1v) is 12.4. The molecular weight excluding hydrogens is 520 g/mol. The molecule has 34 heavy (non-hydrogen) atoms. The minimum atomic E-state index is -1.21. The average Bonchev–Trinajstić information content (AvgIpc) is 3.52. The lowest BCUT2D eigenvalue weighted by Crippen LogP contribution is -2.31. The van der Waals surface area contributed by atoms with Crippen LogP contribution in [-0.2, 0) is 9.59 Å². The van der Waals surface area contributed by atoms with Crippen LogP contribution in [0.25, 0.3) is 22.7 Å². The maximum atomic E-state index is 12.8. The Bertz CT molecular complexity index is 1170. The number of Topliss-reactive ketones (excluding diaryl/α,β-unsaturated/α-hetero) is 2. The van der Waals surface area contributed by atoms with Crippen LogP contribution in [0.3, 0.4) is 0 Å². The molecule has 178 valence electrons. The van der Waals surface area contributed by atoms with Gasteiger partial charge in [-0.3, -0.25) is 14.6 Å². The summed E-state index contributed by atoms with van der Waals surface area (Å²) < 4.78 is 5.49. The van der Waals surface area contributed by atoms with Crippen molar-refractivity contribution in [2.75, 3.05) is 6.54 Å². The van der Waals surface area contributed by atoms with Crippen molar-refractivity contribution in [1.29, 1.82) is 0 Å². The summed E-state index contributed by atoms with van der Waals surface area (Å²) in [5.74, 6) is -0.568. The second-order valence-electron chi connectivity index (χ2n) is 8.06. The Morgan fingerprint density at radius 2 is 1.88 bits per heavy atom. The number of pyridine rings is 1. The lowest BCUT2D eigenvalue weighted by atomic mass is 9.89. The zero-order chi connectivity index (χ0) is 24.2. The molecule has 1 fully saturated rings. The van der Waals surface area contributed by atoms with E-state index in [9.17, 15) is 9.59 Å². The van der Waals surface area contributed by atoms with Crippen molar-refractivity contribution in [2.45, 2.75) is 42.5 Å². The third kappa shape index (κ3) is 5.64. The zero-order valence-corrected chi connectivity index (χ0v) is 21.0. The molecule has 2 unspecified atom stereocenters. The summed E-state index contributed by atoms with van der Waals surface area (Å²) in [6.45, 7) is 0.830. The van der Waals surface area contributed by atoms with Crippen molar-refractivity contribution in [3.8, 4) is 22.7 Å². The van der Waals surface area contributed by atoms with E-state index in [0.717, 1.165) is 19.4 Å². The van der Waals surface area contributed by atoms with E-state index in [1.54, 1.807) is 42.6 Å². The van der Waals surface area contributed by atoms with Gasteiger partial charge in [0, 0.05) is 30.2 Å². The van der Waals surface area contributed by atoms with Crippen molar-refractivity contribution in [1.82, 2.24) is 15.5 Å². The molecule has 1 aliphatic heterocycles. The van der Waals surface area contributed by atoms with Crippen LogP contribution in [0.1, 0.15) is 37.2 Å². The van der Waals surface area contributed by atoms with Gasteiger partial charge in [-0.15, -0.1) is 0 Å². The number of benzene rings is 1. The molecule has 4 rings (SSSR count). The van der Waals surface area contributed by atoms with E-state index in [1.165, 1.54) is 0 Å². The van der Waals surface area contributed by atoms with Crippen molar-refractivity contribution < 1.29 is 14.1 Å². The van der Waals surface area contributed by atoms with Gasteiger partial charge in [-0.1, -0.05) is 57.6 Å². The summed E-state index contributed by atoms with van der Waals surface area (Å²) in [6, 6.07) is 10.1. The number of nitrogens with zero attached hydrogens (tertiary/aromatic N) is 2. The third-order valence-corrected chi connectivity index (χ3v) is 6.91. The number of ketones is 2. The Kier molecular flexibility index (Phi) is 8.27. The van der Waals surface area contributed by atoms with Gasteiger partial charge in [0.15, 0.2) is 16.4 Å². The molecule has 2 atom stereocenters. The summed E-state index contributed by atoms with van der Waals surface area (Å²) in [6.07, 6.45) is 3.88. The molecule has 1 saturated heterocycles. The molecule has 2 aromatic heterocycles. The number of carbonyl (C=O) groups is 2. The second-order valence-corrected chi connectivity index (χ2v) is 9.97. The summed E-state index contributed by atoms with van der Waals surface area (Å²) in [5, 5.41) is 8.15. The molecule has 0 aliphatic carbocycles. The van der Waals surface area contributed by atoms with E-state index in [0.29, 0.717) is 44.7 Å². The van der Waals surface area contributed by atoms with Crippen LogP contribution < -0.4 is 5.32 Å². The minimum absolute atomic E-state index is 0.0850. The lowest BCUT2D eigenvalue weighted by molar-refractivity contribution is -0.121. The zero-order valence-electron chi connectivity index (χ0n) is 17.9. The topological polar surface area (TPSA) is 85.1 Å². The molecule has 1 N–H and O–H groups in total. The summed E-state index contributed by atoms with van der Waals surface area (Å²) >= 11 is 24.4. The van der Waals surface area contributed by atoms with Gasteiger partial charge in [-0.25, -0.2) is 0 Å². The molecule has 6 nitrogen and oxygen atoms in total. The third-order valence-electron chi connectivity index (χ3n) is 5.85. The molecule has 1 aliphatic rings. The average molecular weight is 541 g/mol. The van der Waals surface area contributed by atoms with Crippen LogP contribution in [0.5, 0.6) is 0 Å². The quantitative estimate of drug-likeness (QED) is 0.322. The van der Waals surface area contributed by atoms with E-state index in [2.05, 4.69) is 15.5 Å². The smallest absolute Gasteiger partial charge is 0.185 e. The lowest BCUT2D eigenvalue weighted by Gasteiger charge is -2.18. The minimum Gasteiger partial charge on any atom is -0.354 e. The predicted octanol–water partition coefficient (Wildman–Crippen LogP) is 6.27. The van der Waals surface area contributed by atoms with Crippen molar-refractivity contribution in [3.05, 3.63) is 58.2 Å². The number of halogens is 4. The molecule has 0 radical (unpaired) electrons. The molecule has 0 saturated carbocycles. The molecule has 10 heteroatoms. The highest BCUT2D eigenvalue weighted by molar-refractivity contribution is 6.54. The highest BCUT2D eigenvalue weighted by Crippen LogP contribution is 2.36. The predicted molar refractivity (Wildman–Crippen MR) is 134 cm³/mol. The van der Waals surface area contributed by atoms with Crippen LogP contribution in [0, 0.1) is 0 Å². The van der Waals surface area contributed by atoms with Gasteiger partial charge in [-0.05, 0) is 55.6 Å². The van der Waals surface area contributed by atoms with Crippen LogP contribution in [0.15, 0.2) is 47.1 Å². The van der Waals surface area contributed by atoms with Gasteiger partial charge >= 0.3 is 0 Å².